The number of hydrogen-bond donors (Lipinski definition) is 0. The first kappa shape index (κ1) is 25.0. The fourth-order valence-corrected chi connectivity index (χ4v) is 5.02. The topological polar surface area (TPSA) is 29.5 Å². The fourth-order valence-electron chi connectivity index (χ4n) is 5.02. The Morgan fingerprint density at radius 3 is 2.27 bits per heavy atom. The monoisotopic (exact) mass is 503 g/mol. The van der Waals surface area contributed by atoms with Crippen LogP contribution in [0, 0.1) is 24.4 Å². The van der Waals surface area contributed by atoms with Crippen LogP contribution in [0.5, 0.6) is 5.75 Å². The molecule has 1 heterocycles. The second kappa shape index (κ2) is 10.8. The highest BCUT2D eigenvalue weighted by molar-refractivity contribution is 6.20. The van der Waals surface area contributed by atoms with Gasteiger partial charge in [0.1, 0.15) is 29.8 Å². The van der Waals surface area contributed by atoms with E-state index >= 15 is 0 Å². The second-order valence-electron chi connectivity index (χ2n) is 9.56. The van der Waals surface area contributed by atoms with Gasteiger partial charge in [0.2, 0.25) is 0 Å². The summed E-state index contributed by atoms with van der Waals surface area (Å²) in [6.07, 6.45) is 3.72. The Morgan fingerprint density at radius 1 is 0.865 bits per heavy atom. The average Bonchev–Trinajstić information content (AvgIpc) is 2.88. The van der Waals surface area contributed by atoms with Gasteiger partial charge in [-0.05, 0) is 73.5 Å². The number of halogens is 3. The number of nitrogens with zero attached hydrogens (tertiary/aromatic N) is 1. The molecule has 190 valence electrons. The van der Waals surface area contributed by atoms with E-state index in [0.717, 1.165) is 30.6 Å². The first-order valence-corrected chi connectivity index (χ1v) is 12.6. The number of carbonyl (C=O) groups is 1. The molecule has 0 unspecified atom stereocenters. The predicted molar refractivity (Wildman–Crippen MR) is 140 cm³/mol. The van der Waals surface area contributed by atoms with Crippen molar-refractivity contribution >= 4 is 16.6 Å². The van der Waals surface area contributed by atoms with E-state index in [4.69, 9.17) is 4.74 Å². The van der Waals surface area contributed by atoms with E-state index < -0.39 is 23.0 Å². The van der Waals surface area contributed by atoms with Crippen LogP contribution in [-0.2, 0) is 0 Å². The van der Waals surface area contributed by atoms with Gasteiger partial charge in [0.15, 0.2) is 5.78 Å². The summed E-state index contributed by atoms with van der Waals surface area (Å²) in [5.74, 6) is -2.87. The number of benzene rings is 4. The van der Waals surface area contributed by atoms with Gasteiger partial charge in [-0.15, -0.1) is 0 Å². The Balaban J connectivity index is 1.47. The molecule has 0 radical (unpaired) electrons. The fraction of sp³-hybridized carbons (Fsp3) is 0.258. The number of ketones is 1. The lowest BCUT2D eigenvalue weighted by molar-refractivity contribution is 0.104. The molecule has 0 saturated carbocycles. The molecule has 5 rings (SSSR count). The molecule has 0 bridgehead atoms. The van der Waals surface area contributed by atoms with Crippen molar-refractivity contribution in [2.45, 2.75) is 26.2 Å². The van der Waals surface area contributed by atoms with Crippen molar-refractivity contribution in [3.63, 3.8) is 0 Å². The zero-order valence-electron chi connectivity index (χ0n) is 20.7. The standard InChI is InChI=1S/C31H28F3NO2/c1-20-5-11-25-22(17-20)8-12-26(30-27(33)18-23(32)19-28(30)34)29(25)31(36)21-6-9-24(10-7-21)37-16-15-35-13-3-2-4-14-35/h5-12,17-19H,2-4,13-16H2,1H3. The highest BCUT2D eigenvalue weighted by atomic mass is 19.1. The normalized spacial score (nSPS) is 14.2. The molecule has 37 heavy (non-hydrogen) atoms. The molecule has 6 heteroatoms. The van der Waals surface area contributed by atoms with Crippen LogP contribution < -0.4 is 4.74 Å². The third kappa shape index (κ3) is 5.39. The van der Waals surface area contributed by atoms with E-state index in [0.29, 0.717) is 35.4 Å². The van der Waals surface area contributed by atoms with Crippen molar-refractivity contribution in [2.24, 2.45) is 0 Å². The first-order valence-electron chi connectivity index (χ1n) is 12.6. The molecule has 0 spiro atoms. The van der Waals surface area contributed by atoms with Crippen molar-refractivity contribution in [1.29, 1.82) is 0 Å². The van der Waals surface area contributed by atoms with Gasteiger partial charge in [0.05, 0.1) is 5.56 Å². The van der Waals surface area contributed by atoms with Crippen LogP contribution in [0.2, 0.25) is 0 Å². The Labute approximate surface area is 214 Å². The first-order chi connectivity index (χ1) is 17.9. The minimum Gasteiger partial charge on any atom is -0.492 e. The third-order valence-electron chi connectivity index (χ3n) is 6.92. The highest BCUT2D eigenvalue weighted by Gasteiger charge is 2.23. The largest absolute Gasteiger partial charge is 0.492 e. The summed E-state index contributed by atoms with van der Waals surface area (Å²) in [4.78, 5) is 16.2. The number of likely N-dealkylation sites (tertiary alicyclic amines) is 1. The third-order valence-corrected chi connectivity index (χ3v) is 6.92. The van der Waals surface area contributed by atoms with Crippen LogP contribution in [0.4, 0.5) is 13.2 Å². The summed E-state index contributed by atoms with van der Waals surface area (Å²) >= 11 is 0. The lowest BCUT2D eigenvalue weighted by Crippen LogP contribution is -2.33. The summed E-state index contributed by atoms with van der Waals surface area (Å²) in [5.41, 5.74) is 1.17. The summed E-state index contributed by atoms with van der Waals surface area (Å²) in [7, 11) is 0. The molecule has 0 aromatic heterocycles. The Hall–Kier alpha value is -3.64. The minimum absolute atomic E-state index is 0.0817. The predicted octanol–water partition coefficient (Wildman–Crippen LogP) is 7.33. The molecule has 0 N–H and O–H groups in total. The highest BCUT2D eigenvalue weighted by Crippen LogP contribution is 2.36. The van der Waals surface area contributed by atoms with Crippen molar-refractivity contribution < 1.29 is 22.7 Å². The van der Waals surface area contributed by atoms with Crippen LogP contribution in [0.3, 0.4) is 0 Å². The number of piperidine rings is 1. The SMILES string of the molecule is Cc1ccc2c(C(=O)c3ccc(OCCN4CCCCC4)cc3)c(-c3c(F)cc(F)cc3F)ccc2c1. The van der Waals surface area contributed by atoms with Gasteiger partial charge >= 0.3 is 0 Å². The Kier molecular flexibility index (Phi) is 7.28. The lowest BCUT2D eigenvalue weighted by atomic mass is 9.88. The molecule has 1 saturated heterocycles. The van der Waals surface area contributed by atoms with Crippen molar-refractivity contribution in [3.8, 4) is 16.9 Å². The summed E-state index contributed by atoms with van der Waals surface area (Å²) in [6, 6.07) is 16.8. The second-order valence-corrected chi connectivity index (χ2v) is 9.56. The van der Waals surface area contributed by atoms with E-state index in [1.165, 1.54) is 25.3 Å². The molecular weight excluding hydrogens is 475 g/mol. The van der Waals surface area contributed by atoms with E-state index in [2.05, 4.69) is 4.90 Å². The summed E-state index contributed by atoms with van der Waals surface area (Å²) in [5, 5.41) is 1.34. The maximum absolute atomic E-state index is 14.8. The molecule has 0 aliphatic carbocycles. The van der Waals surface area contributed by atoms with Gasteiger partial charge in [-0.25, -0.2) is 13.2 Å². The van der Waals surface area contributed by atoms with Crippen molar-refractivity contribution in [1.82, 2.24) is 4.90 Å². The van der Waals surface area contributed by atoms with E-state index in [1.54, 1.807) is 36.4 Å². The maximum atomic E-state index is 14.8. The van der Waals surface area contributed by atoms with Crippen LogP contribution in [-0.4, -0.2) is 36.9 Å². The van der Waals surface area contributed by atoms with Crippen LogP contribution in [0.1, 0.15) is 40.7 Å². The lowest BCUT2D eigenvalue weighted by Gasteiger charge is -2.26. The number of hydrogen-bond acceptors (Lipinski definition) is 3. The van der Waals surface area contributed by atoms with Crippen LogP contribution in [0.15, 0.2) is 66.7 Å². The van der Waals surface area contributed by atoms with Crippen LogP contribution >= 0.6 is 0 Å². The maximum Gasteiger partial charge on any atom is 0.194 e. The van der Waals surface area contributed by atoms with Gasteiger partial charge < -0.3 is 4.74 Å². The zero-order chi connectivity index (χ0) is 25.9. The molecule has 0 atom stereocenters. The molecule has 4 aromatic carbocycles. The van der Waals surface area contributed by atoms with Gasteiger partial charge in [-0.3, -0.25) is 9.69 Å². The minimum atomic E-state index is -1.06. The Bertz CT molecular complexity index is 1420. The number of carbonyl (C=O) groups excluding carboxylic acids is 1. The van der Waals surface area contributed by atoms with Crippen molar-refractivity contribution in [2.75, 3.05) is 26.2 Å². The number of aryl methyl sites for hydroxylation is 1. The number of rotatable bonds is 7. The molecule has 1 aliphatic heterocycles. The van der Waals surface area contributed by atoms with E-state index in [9.17, 15) is 18.0 Å². The zero-order valence-corrected chi connectivity index (χ0v) is 20.7. The average molecular weight is 504 g/mol. The number of fused-ring (bicyclic) bond motifs is 1. The Morgan fingerprint density at radius 2 is 1.57 bits per heavy atom. The smallest absolute Gasteiger partial charge is 0.194 e. The molecule has 0 amide bonds. The molecule has 3 nitrogen and oxygen atoms in total. The van der Waals surface area contributed by atoms with Gasteiger partial charge in [0, 0.05) is 29.8 Å². The molecule has 1 aliphatic rings. The summed E-state index contributed by atoms with van der Waals surface area (Å²) in [6.45, 7) is 5.54. The van der Waals surface area contributed by atoms with Gasteiger partial charge in [0.25, 0.3) is 0 Å². The van der Waals surface area contributed by atoms with E-state index in [-0.39, 0.29) is 16.9 Å². The molecule has 4 aromatic rings. The van der Waals surface area contributed by atoms with Gasteiger partial charge in [-0.1, -0.05) is 42.3 Å². The van der Waals surface area contributed by atoms with Crippen LogP contribution in [0.25, 0.3) is 21.9 Å². The molecular formula is C31H28F3NO2. The van der Waals surface area contributed by atoms with Gasteiger partial charge in [-0.2, -0.15) is 0 Å². The van der Waals surface area contributed by atoms with E-state index in [1.807, 2.05) is 19.1 Å². The molecule has 1 fully saturated rings. The quantitative estimate of drug-likeness (QED) is 0.247. The summed E-state index contributed by atoms with van der Waals surface area (Å²) < 4.78 is 49.1. The van der Waals surface area contributed by atoms with Crippen molar-refractivity contribution in [3.05, 3.63) is 101 Å². The number of ether oxygens (including phenoxy) is 1.